The van der Waals surface area contributed by atoms with Crippen LogP contribution in [0.25, 0.3) is 0 Å². The van der Waals surface area contributed by atoms with E-state index in [9.17, 15) is 13.9 Å². The maximum absolute atomic E-state index is 13.6. The van der Waals surface area contributed by atoms with Crippen LogP contribution in [0.3, 0.4) is 0 Å². The molecule has 6 nitrogen and oxygen atoms in total. The van der Waals surface area contributed by atoms with Crippen molar-refractivity contribution in [1.29, 1.82) is 0 Å². The second kappa shape index (κ2) is 10.7. The Balaban J connectivity index is 1.51. The number of rotatable bonds is 8. The normalized spacial score (nSPS) is 22.4. The van der Waals surface area contributed by atoms with Gasteiger partial charge in [0.05, 0.1) is 13.7 Å². The number of hydrogen-bond acceptors (Lipinski definition) is 6. The fourth-order valence-corrected chi connectivity index (χ4v) is 4.19. The number of likely N-dealkylation sites (N-methyl/N-ethyl adjacent to an activating group) is 1. The van der Waals surface area contributed by atoms with Gasteiger partial charge in [0.1, 0.15) is 12.7 Å². The highest BCUT2D eigenvalue weighted by Gasteiger charge is 2.35. The Labute approximate surface area is 178 Å². The fourth-order valence-electron chi connectivity index (χ4n) is 4.19. The van der Waals surface area contributed by atoms with Gasteiger partial charge in [0, 0.05) is 32.6 Å². The fraction of sp³-hybridized carbons (Fsp3) is 0.727. The summed E-state index contributed by atoms with van der Waals surface area (Å²) in [6.45, 7) is 5.71. The second-order valence-electron chi connectivity index (χ2n) is 8.58. The van der Waals surface area contributed by atoms with E-state index >= 15 is 0 Å². The molecule has 2 saturated heterocycles. The maximum atomic E-state index is 13.6. The first-order chi connectivity index (χ1) is 14.3. The maximum Gasteiger partial charge on any atom is 0.260 e. The van der Waals surface area contributed by atoms with Crippen LogP contribution in [0.5, 0.6) is 11.5 Å². The van der Waals surface area contributed by atoms with E-state index in [-0.39, 0.29) is 19.6 Å². The highest BCUT2D eigenvalue weighted by Crippen LogP contribution is 2.31. The summed E-state index contributed by atoms with van der Waals surface area (Å²) in [6.07, 6.45) is 0.989. The van der Waals surface area contributed by atoms with E-state index < -0.39 is 12.0 Å². The molecule has 8 heteroatoms. The van der Waals surface area contributed by atoms with Crippen LogP contribution < -0.4 is 9.47 Å². The summed E-state index contributed by atoms with van der Waals surface area (Å²) in [5.74, 6) is -1.50. The van der Waals surface area contributed by atoms with Gasteiger partial charge in [0.25, 0.3) is 5.92 Å². The van der Waals surface area contributed by atoms with Crippen LogP contribution >= 0.6 is 0 Å². The van der Waals surface area contributed by atoms with E-state index in [0.29, 0.717) is 37.6 Å². The number of benzene rings is 1. The number of nitrogens with zero attached hydrogens (tertiary/aromatic N) is 3. The van der Waals surface area contributed by atoms with Crippen LogP contribution in [-0.4, -0.2) is 98.4 Å². The number of aliphatic hydroxyl groups excluding tert-OH is 1. The molecular formula is C22H35F2N3O3. The highest BCUT2D eigenvalue weighted by atomic mass is 19.3. The van der Waals surface area contributed by atoms with Crippen LogP contribution in [-0.2, 0) is 6.54 Å². The SMILES string of the molecule is COc1cc(CN2CCCC(F)(F)C2)ccc1OCC(O)CN1CCCN(C)CC1. The molecule has 0 spiro atoms. The summed E-state index contributed by atoms with van der Waals surface area (Å²) in [5, 5.41) is 10.4. The van der Waals surface area contributed by atoms with Gasteiger partial charge in [0.2, 0.25) is 0 Å². The first kappa shape index (κ1) is 23.2. The summed E-state index contributed by atoms with van der Waals surface area (Å²) in [5.41, 5.74) is 0.908. The van der Waals surface area contributed by atoms with E-state index in [2.05, 4.69) is 16.8 Å². The quantitative estimate of drug-likeness (QED) is 0.687. The predicted molar refractivity (Wildman–Crippen MR) is 113 cm³/mol. The van der Waals surface area contributed by atoms with E-state index in [1.807, 2.05) is 12.1 Å². The lowest BCUT2D eigenvalue weighted by Gasteiger charge is -2.32. The lowest BCUT2D eigenvalue weighted by molar-refractivity contribution is -0.0661. The molecule has 30 heavy (non-hydrogen) atoms. The van der Waals surface area contributed by atoms with Crippen LogP contribution in [0.4, 0.5) is 8.78 Å². The number of hydrogen-bond donors (Lipinski definition) is 1. The molecule has 0 aliphatic carbocycles. The summed E-state index contributed by atoms with van der Waals surface area (Å²) in [7, 11) is 3.68. The minimum absolute atomic E-state index is 0.0317. The Morgan fingerprint density at radius 2 is 1.87 bits per heavy atom. The zero-order chi connectivity index (χ0) is 21.6. The molecule has 0 radical (unpaired) electrons. The number of ether oxygens (including phenoxy) is 2. The number of methoxy groups -OCH3 is 1. The molecule has 170 valence electrons. The van der Waals surface area contributed by atoms with Gasteiger partial charge in [-0.05, 0) is 57.2 Å². The van der Waals surface area contributed by atoms with Gasteiger partial charge in [0.15, 0.2) is 11.5 Å². The number of likely N-dealkylation sites (tertiary alicyclic amines) is 1. The number of β-amino-alcohol motifs (C(OH)–C–C–N with tert-alkyl or cyclic N) is 1. The molecule has 0 bridgehead atoms. The summed E-state index contributed by atoms with van der Waals surface area (Å²) in [6, 6.07) is 5.50. The Hall–Kier alpha value is -1.48. The van der Waals surface area contributed by atoms with Gasteiger partial charge in [-0.25, -0.2) is 8.78 Å². The van der Waals surface area contributed by atoms with E-state index in [1.54, 1.807) is 18.1 Å². The molecule has 0 amide bonds. The number of alkyl halides is 2. The molecule has 1 N–H and O–H groups in total. The van der Waals surface area contributed by atoms with Crippen molar-refractivity contribution in [1.82, 2.24) is 14.7 Å². The third-order valence-corrected chi connectivity index (χ3v) is 5.82. The zero-order valence-electron chi connectivity index (χ0n) is 18.2. The monoisotopic (exact) mass is 427 g/mol. The third-order valence-electron chi connectivity index (χ3n) is 5.82. The van der Waals surface area contributed by atoms with Crippen molar-refractivity contribution in [2.75, 3.05) is 66.6 Å². The van der Waals surface area contributed by atoms with Crippen LogP contribution in [0.15, 0.2) is 18.2 Å². The van der Waals surface area contributed by atoms with Crippen molar-refractivity contribution >= 4 is 0 Å². The molecule has 2 aliphatic heterocycles. The van der Waals surface area contributed by atoms with Gasteiger partial charge in [-0.1, -0.05) is 6.07 Å². The topological polar surface area (TPSA) is 48.4 Å². The Morgan fingerprint density at radius 1 is 1.07 bits per heavy atom. The summed E-state index contributed by atoms with van der Waals surface area (Å²) >= 11 is 0. The van der Waals surface area contributed by atoms with Gasteiger partial charge in [-0.3, -0.25) is 9.80 Å². The Kier molecular flexibility index (Phi) is 8.27. The lowest BCUT2D eigenvalue weighted by atomic mass is 10.1. The number of piperidine rings is 1. The average Bonchev–Trinajstić information content (AvgIpc) is 2.90. The van der Waals surface area contributed by atoms with Crippen molar-refractivity contribution in [3.05, 3.63) is 23.8 Å². The van der Waals surface area contributed by atoms with Crippen molar-refractivity contribution in [3.8, 4) is 11.5 Å². The molecule has 1 atom stereocenters. The van der Waals surface area contributed by atoms with Crippen LogP contribution in [0.2, 0.25) is 0 Å². The molecule has 1 aromatic rings. The molecular weight excluding hydrogens is 392 g/mol. The minimum Gasteiger partial charge on any atom is -0.493 e. The molecule has 2 aliphatic rings. The van der Waals surface area contributed by atoms with E-state index in [4.69, 9.17) is 9.47 Å². The van der Waals surface area contributed by atoms with Crippen LogP contribution in [0, 0.1) is 0 Å². The lowest BCUT2D eigenvalue weighted by Crippen LogP contribution is -2.42. The van der Waals surface area contributed by atoms with Crippen molar-refractivity contribution in [3.63, 3.8) is 0 Å². The molecule has 0 saturated carbocycles. The number of halogens is 2. The molecule has 0 aromatic heterocycles. The van der Waals surface area contributed by atoms with Gasteiger partial charge in [-0.2, -0.15) is 0 Å². The van der Waals surface area contributed by atoms with E-state index in [1.165, 1.54) is 0 Å². The summed E-state index contributed by atoms with van der Waals surface area (Å²) < 4.78 is 38.5. The standard InChI is InChI=1S/C22H35F2N3O3/c1-25-8-4-10-26(12-11-25)15-19(28)16-30-20-6-5-18(13-21(20)29-2)14-27-9-3-7-22(23,24)17-27/h5-6,13,19,28H,3-4,7-12,14-17H2,1-2H3. The first-order valence-electron chi connectivity index (χ1n) is 10.8. The van der Waals surface area contributed by atoms with Gasteiger partial charge < -0.3 is 19.5 Å². The molecule has 2 fully saturated rings. The van der Waals surface area contributed by atoms with Crippen molar-refractivity contribution in [2.24, 2.45) is 0 Å². The largest absolute Gasteiger partial charge is 0.493 e. The Morgan fingerprint density at radius 3 is 2.63 bits per heavy atom. The zero-order valence-corrected chi connectivity index (χ0v) is 18.2. The smallest absolute Gasteiger partial charge is 0.260 e. The highest BCUT2D eigenvalue weighted by molar-refractivity contribution is 5.43. The molecule has 3 rings (SSSR count). The Bertz CT molecular complexity index is 677. The minimum atomic E-state index is -2.61. The van der Waals surface area contributed by atoms with Crippen molar-refractivity contribution < 1.29 is 23.4 Å². The van der Waals surface area contributed by atoms with Crippen LogP contribution in [0.1, 0.15) is 24.8 Å². The van der Waals surface area contributed by atoms with E-state index in [0.717, 1.165) is 38.2 Å². The predicted octanol–water partition coefficient (Wildman–Crippen LogP) is 2.30. The average molecular weight is 428 g/mol. The van der Waals surface area contributed by atoms with Gasteiger partial charge in [-0.15, -0.1) is 0 Å². The first-order valence-corrected chi connectivity index (χ1v) is 10.8. The molecule has 2 heterocycles. The summed E-state index contributed by atoms with van der Waals surface area (Å²) in [4.78, 5) is 6.35. The van der Waals surface area contributed by atoms with Gasteiger partial charge >= 0.3 is 0 Å². The van der Waals surface area contributed by atoms with Crippen molar-refractivity contribution in [2.45, 2.75) is 37.8 Å². The number of aliphatic hydroxyl groups is 1. The molecule has 1 aromatic carbocycles. The molecule has 1 unspecified atom stereocenters. The third kappa shape index (κ3) is 7.04. The second-order valence-corrected chi connectivity index (χ2v) is 8.58.